The molecule has 0 radical (unpaired) electrons. The van der Waals surface area contributed by atoms with Gasteiger partial charge in [-0.3, -0.25) is 0 Å². The Balaban J connectivity index is 1.68. The van der Waals surface area contributed by atoms with Gasteiger partial charge in [0.15, 0.2) is 0 Å². The average Bonchev–Trinajstić information content (AvgIpc) is 2.88. The maximum absolute atomic E-state index is 12.4. The van der Waals surface area contributed by atoms with Crippen LogP contribution in [0.3, 0.4) is 0 Å². The predicted octanol–water partition coefficient (Wildman–Crippen LogP) is 4.17. The number of fused-ring (bicyclic) bond motifs is 5. The van der Waals surface area contributed by atoms with E-state index in [1.807, 2.05) is 19.9 Å². The minimum absolute atomic E-state index is 0.0322. The van der Waals surface area contributed by atoms with E-state index in [0.717, 1.165) is 38.5 Å². The second-order valence-electron chi connectivity index (χ2n) is 9.08. The van der Waals surface area contributed by atoms with Crippen molar-refractivity contribution in [3.05, 3.63) is 28.8 Å². The lowest BCUT2D eigenvalue weighted by Crippen LogP contribution is -2.44. The van der Waals surface area contributed by atoms with Gasteiger partial charge in [0.05, 0.1) is 12.2 Å². The summed E-state index contributed by atoms with van der Waals surface area (Å²) in [6, 6.07) is 3.67. The number of benzene rings is 1. The lowest BCUT2D eigenvalue weighted by molar-refractivity contribution is -0.0226. The summed E-state index contributed by atoms with van der Waals surface area (Å²) in [6.45, 7) is 5.90. The third-order valence-corrected chi connectivity index (χ3v) is 7.35. The molecule has 1 aromatic rings. The van der Waals surface area contributed by atoms with Crippen molar-refractivity contribution in [2.45, 2.75) is 77.4 Å². The van der Waals surface area contributed by atoms with Crippen LogP contribution in [0.15, 0.2) is 12.1 Å². The van der Waals surface area contributed by atoms with Crippen LogP contribution in [0.4, 0.5) is 0 Å². The number of ether oxygens (including phenoxy) is 1. The molecule has 4 rings (SSSR count). The summed E-state index contributed by atoms with van der Waals surface area (Å²) in [7, 11) is 0. The molecule has 0 heterocycles. The number of hydrogen-bond acceptors (Lipinski definition) is 4. The van der Waals surface area contributed by atoms with Crippen LogP contribution in [0.25, 0.3) is 0 Å². The minimum Gasteiger partial charge on any atom is -0.507 e. The third-order valence-electron chi connectivity index (χ3n) is 7.35. The molecular formula is C22H30O4. The first-order valence-electron chi connectivity index (χ1n) is 10.1. The Morgan fingerprint density at radius 3 is 2.73 bits per heavy atom. The van der Waals surface area contributed by atoms with Crippen LogP contribution in [0.1, 0.15) is 80.3 Å². The van der Waals surface area contributed by atoms with Crippen LogP contribution in [0, 0.1) is 17.3 Å². The van der Waals surface area contributed by atoms with Crippen molar-refractivity contribution in [2.75, 3.05) is 0 Å². The molecule has 0 bridgehead atoms. The molecule has 3 aliphatic carbocycles. The first-order chi connectivity index (χ1) is 12.3. The molecule has 0 saturated heterocycles. The molecule has 26 heavy (non-hydrogen) atoms. The van der Waals surface area contributed by atoms with E-state index in [2.05, 4.69) is 6.92 Å². The van der Waals surface area contributed by atoms with Crippen molar-refractivity contribution in [3.8, 4) is 5.75 Å². The molecule has 2 N–H and O–H groups in total. The van der Waals surface area contributed by atoms with Crippen LogP contribution in [0.5, 0.6) is 5.75 Å². The Bertz CT molecular complexity index is 725. The fourth-order valence-corrected chi connectivity index (χ4v) is 6.02. The number of aromatic hydroxyl groups is 1. The van der Waals surface area contributed by atoms with E-state index in [4.69, 9.17) is 4.74 Å². The van der Waals surface area contributed by atoms with Crippen molar-refractivity contribution in [2.24, 2.45) is 17.3 Å². The molecule has 3 aliphatic rings. The van der Waals surface area contributed by atoms with E-state index < -0.39 is 5.97 Å². The van der Waals surface area contributed by atoms with Crippen molar-refractivity contribution in [1.82, 2.24) is 0 Å². The minimum atomic E-state index is -0.445. The summed E-state index contributed by atoms with van der Waals surface area (Å²) in [5.74, 6) is 1.14. The summed E-state index contributed by atoms with van der Waals surface area (Å²) in [6.07, 6.45) is 5.77. The van der Waals surface area contributed by atoms with Crippen molar-refractivity contribution in [1.29, 1.82) is 0 Å². The standard InChI is InChI=1S/C22H30O4/c1-12(2)26-21(25)17-11-16-13(10-19(17)23)4-5-15-14(16)8-9-22(3)18(15)6-7-20(22)24/h10-12,14-15,18,20,23-24H,4-9H2,1-3H3/t14?,15?,18?,20?,22-/m0/s1. The topological polar surface area (TPSA) is 66.8 Å². The highest BCUT2D eigenvalue weighted by molar-refractivity contribution is 5.93. The molecule has 4 nitrogen and oxygen atoms in total. The molecule has 0 aromatic heterocycles. The number of esters is 1. The zero-order valence-corrected chi connectivity index (χ0v) is 16.0. The van der Waals surface area contributed by atoms with E-state index in [-0.39, 0.29) is 28.9 Å². The van der Waals surface area contributed by atoms with Crippen molar-refractivity contribution in [3.63, 3.8) is 0 Å². The number of carbonyl (C=O) groups excluding carboxylic acids is 1. The van der Waals surface area contributed by atoms with Gasteiger partial charge in [0.2, 0.25) is 0 Å². The molecule has 2 saturated carbocycles. The number of aryl methyl sites for hydroxylation is 1. The van der Waals surface area contributed by atoms with Gasteiger partial charge >= 0.3 is 5.97 Å². The van der Waals surface area contributed by atoms with E-state index in [1.165, 1.54) is 11.1 Å². The monoisotopic (exact) mass is 358 g/mol. The number of carbonyl (C=O) groups is 1. The largest absolute Gasteiger partial charge is 0.507 e. The first kappa shape index (κ1) is 17.8. The van der Waals surface area contributed by atoms with Gasteiger partial charge in [-0.25, -0.2) is 4.79 Å². The fraction of sp³-hybridized carbons (Fsp3) is 0.682. The normalized spacial score (nSPS) is 35.6. The maximum Gasteiger partial charge on any atom is 0.342 e. The molecule has 4 heteroatoms. The number of phenols is 1. The Labute approximate surface area is 155 Å². The number of phenolic OH excluding ortho intramolecular Hbond substituents is 1. The zero-order valence-electron chi connectivity index (χ0n) is 16.0. The van der Waals surface area contributed by atoms with Crippen LogP contribution in [0.2, 0.25) is 0 Å². The lowest BCUT2D eigenvalue weighted by atomic mass is 9.55. The number of rotatable bonds is 2. The molecule has 5 atom stereocenters. The van der Waals surface area contributed by atoms with E-state index in [9.17, 15) is 15.0 Å². The number of aliphatic hydroxyl groups is 1. The summed E-state index contributed by atoms with van der Waals surface area (Å²) < 4.78 is 5.31. The summed E-state index contributed by atoms with van der Waals surface area (Å²) in [4.78, 5) is 12.4. The first-order valence-corrected chi connectivity index (χ1v) is 10.1. The Morgan fingerprint density at radius 2 is 2.00 bits per heavy atom. The quantitative estimate of drug-likeness (QED) is 0.779. The molecule has 2 fully saturated rings. The highest BCUT2D eigenvalue weighted by atomic mass is 16.5. The smallest absolute Gasteiger partial charge is 0.342 e. The van der Waals surface area contributed by atoms with Crippen molar-refractivity contribution >= 4 is 5.97 Å². The third kappa shape index (κ3) is 2.65. The van der Waals surface area contributed by atoms with Gasteiger partial charge in [0.1, 0.15) is 11.3 Å². The summed E-state index contributed by atoms with van der Waals surface area (Å²) in [5, 5.41) is 20.9. The lowest BCUT2D eigenvalue weighted by Gasteiger charge is -2.50. The SMILES string of the molecule is CC(C)OC(=O)c1cc2c(cc1O)CCC1C2CC[C@]2(C)C(O)CCC12. The van der Waals surface area contributed by atoms with Gasteiger partial charge in [0, 0.05) is 0 Å². The highest BCUT2D eigenvalue weighted by Crippen LogP contribution is 2.61. The summed E-state index contributed by atoms with van der Waals surface area (Å²) >= 11 is 0. The van der Waals surface area contributed by atoms with Gasteiger partial charge in [-0.05, 0) is 98.8 Å². The van der Waals surface area contributed by atoms with Gasteiger partial charge < -0.3 is 14.9 Å². The molecular weight excluding hydrogens is 328 g/mol. The molecule has 0 amide bonds. The van der Waals surface area contributed by atoms with Gasteiger partial charge in [0.25, 0.3) is 0 Å². The molecule has 1 aromatic carbocycles. The average molecular weight is 358 g/mol. The van der Waals surface area contributed by atoms with Gasteiger partial charge in [-0.15, -0.1) is 0 Å². The second-order valence-corrected chi connectivity index (χ2v) is 9.08. The molecule has 4 unspecified atom stereocenters. The zero-order chi connectivity index (χ0) is 18.6. The molecule has 0 spiro atoms. The fourth-order valence-electron chi connectivity index (χ4n) is 6.02. The number of hydrogen-bond donors (Lipinski definition) is 2. The maximum atomic E-state index is 12.4. The summed E-state index contributed by atoms with van der Waals surface area (Å²) in [5.41, 5.74) is 2.73. The van der Waals surface area contributed by atoms with Crippen LogP contribution >= 0.6 is 0 Å². The van der Waals surface area contributed by atoms with Crippen LogP contribution in [-0.4, -0.2) is 28.4 Å². The molecule has 142 valence electrons. The van der Waals surface area contributed by atoms with Crippen LogP contribution in [-0.2, 0) is 11.2 Å². The van der Waals surface area contributed by atoms with Crippen LogP contribution < -0.4 is 0 Å². The predicted molar refractivity (Wildman–Crippen MR) is 99.3 cm³/mol. The van der Waals surface area contributed by atoms with Gasteiger partial charge in [-0.2, -0.15) is 0 Å². The number of aliphatic hydroxyl groups excluding tert-OH is 1. The molecule has 0 aliphatic heterocycles. The Hall–Kier alpha value is -1.55. The van der Waals surface area contributed by atoms with Crippen molar-refractivity contribution < 1.29 is 19.7 Å². The van der Waals surface area contributed by atoms with Gasteiger partial charge in [-0.1, -0.05) is 6.92 Å². The highest BCUT2D eigenvalue weighted by Gasteiger charge is 2.54. The van der Waals surface area contributed by atoms with E-state index >= 15 is 0 Å². The van der Waals surface area contributed by atoms with E-state index in [1.54, 1.807) is 6.07 Å². The Kier molecular flexibility index (Phi) is 4.30. The van der Waals surface area contributed by atoms with E-state index in [0.29, 0.717) is 17.8 Å². The Morgan fingerprint density at radius 1 is 1.23 bits per heavy atom. The second kappa shape index (κ2) is 6.26.